The van der Waals surface area contributed by atoms with Crippen molar-refractivity contribution in [1.82, 2.24) is 10.6 Å². The van der Waals surface area contributed by atoms with E-state index in [1.807, 2.05) is 12.1 Å². The van der Waals surface area contributed by atoms with Gasteiger partial charge in [0.1, 0.15) is 6.04 Å². The van der Waals surface area contributed by atoms with Gasteiger partial charge >= 0.3 is 11.9 Å². The molecule has 1 atom stereocenters. The Labute approximate surface area is 311 Å². The highest BCUT2D eigenvalue weighted by Crippen LogP contribution is 2.18. The summed E-state index contributed by atoms with van der Waals surface area (Å²) in [7, 11) is 0. The number of amides is 3. The second kappa shape index (κ2) is 20.6. The molecule has 4 aromatic rings. The van der Waals surface area contributed by atoms with Crippen LogP contribution >= 0.6 is 0 Å². The Morgan fingerprint density at radius 3 is 1.98 bits per heavy atom. The average Bonchev–Trinajstić information content (AvgIpc) is 3.10. The molecule has 0 saturated carbocycles. The first-order valence-electron chi connectivity index (χ1n) is 16.5. The Kier molecular flexibility index (Phi) is 15.7. The molecule has 4 rings (SSSR count). The van der Waals surface area contributed by atoms with Crippen molar-refractivity contribution >= 4 is 58.6 Å². The lowest BCUT2D eigenvalue weighted by Gasteiger charge is -2.14. The van der Waals surface area contributed by atoms with Gasteiger partial charge in [-0.2, -0.15) is 0 Å². The monoisotopic (exact) mass is 737 g/mol. The fraction of sp³-hybridized carbons (Fsp3) is 0.184. The Morgan fingerprint density at radius 2 is 1.33 bits per heavy atom. The Morgan fingerprint density at radius 1 is 0.722 bits per heavy atom. The van der Waals surface area contributed by atoms with Crippen LogP contribution in [-0.2, 0) is 45.0 Å². The number of carboxylic acids is 2. The number of benzene rings is 4. The quantitative estimate of drug-likeness (QED) is 0.0622. The van der Waals surface area contributed by atoms with Crippen LogP contribution in [0.3, 0.4) is 0 Å². The number of carbonyl (C=O) groups is 5. The van der Waals surface area contributed by atoms with Crippen molar-refractivity contribution in [3.05, 3.63) is 125 Å². The van der Waals surface area contributed by atoms with E-state index in [-0.39, 0.29) is 49.5 Å². The normalized spacial score (nSPS) is 10.7. The topological polar surface area (TPSA) is 286 Å². The third-order valence-electron chi connectivity index (χ3n) is 7.43. The number of hydrogen-bond donors (Lipinski definition) is 11. The van der Waals surface area contributed by atoms with Gasteiger partial charge in [0.2, 0.25) is 11.8 Å². The number of rotatable bonds is 15. The first kappa shape index (κ1) is 41.2. The van der Waals surface area contributed by atoms with E-state index in [0.717, 1.165) is 22.3 Å². The zero-order valence-electron chi connectivity index (χ0n) is 29.4. The van der Waals surface area contributed by atoms with Crippen LogP contribution in [0.5, 0.6) is 0 Å². The van der Waals surface area contributed by atoms with E-state index in [4.69, 9.17) is 27.4 Å². The summed E-state index contributed by atoms with van der Waals surface area (Å²) < 4.78 is 0. The number of nitrogens with two attached hydrogens (primary N) is 2. The van der Waals surface area contributed by atoms with Crippen LogP contribution in [0.15, 0.2) is 97.1 Å². The van der Waals surface area contributed by atoms with Crippen LogP contribution in [0.25, 0.3) is 0 Å². The number of nitrogens with one attached hydrogen (secondary N) is 7. The zero-order chi connectivity index (χ0) is 39.6. The van der Waals surface area contributed by atoms with Crippen LogP contribution in [0.1, 0.15) is 46.0 Å². The number of carbonyl (C=O) groups excluding carboxylic acids is 3. The summed E-state index contributed by atoms with van der Waals surface area (Å²) in [6, 6.07) is 26.9. The minimum atomic E-state index is -1.11. The molecule has 16 nitrogen and oxygen atoms in total. The second-order valence-electron chi connectivity index (χ2n) is 11.9. The first-order valence-corrected chi connectivity index (χ1v) is 16.5. The molecule has 0 aromatic heterocycles. The highest BCUT2D eigenvalue weighted by molar-refractivity contribution is 5.97. The maximum atomic E-state index is 12.4. The summed E-state index contributed by atoms with van der Waals surface area (Å²) in [5.41, 5.74) is 15.9. The van der Waals surface area contributed by atoms with Gasteiger partial charge < -0.3 is 48.3 Å². The van der Waals surface area contributed by atoms with Crippen LogP contribution in [0.2, 0.25) is 0 Å². The molecule has 0 bridgehead atoms. The van der Waals surface area contributed by atoms with E-state index in [1.54, 1.807) is 84.9 Å². The van der Waals surface area contributed by atoms with Crippen molar-refractivity contribution in [2.24, 2.45) is 11.5 Å². The van der Waals surface area contributed by atoms with Crippen LogP contribution in [0.4, 0.5) is 17.1 Å². The van der Waals surface area contributed by atoms with E-state index in [1.165, 1.54) is 6.92 Å². The molecule has 0 unspecified atom stereocenters. The lowest BCUT2D eigenvalue weighted by atomic mass is 10.0. The molecule has 0 saturated heterocycles. The maximum absolute atomic E-state index is 12.4. The smallest absolute Gasteiger partial charge is 0.326 e. The second-order valence-corrected chi connectivity index (χ2v) is 11.9. The number of para-hydroxylation sites is 1. The third kappa shape index (κ3) is 14.9. The Bertz CT molecular complexity index is 2000. The number of hydrogen-bond acceptors (Lipinski definition) is 7. The number of guanidine groups is 2. The summed E-state index contributed by atoms with van der Waals surface area (Å²) in [5, 5.41) is 45.8. The summed E-state index contributed by atoms with van der Waals surface area (Å²) in [6.07, 6.45) is 0.644. The van der Waals surface area contributed by atoms with Crippen LogP contribution in [0, 0.1) is 10.8 Å². The summed E-state index contributed by atoms with van der Waals surface area (Å²) >= 11 is 0. The highest BCUT2D eigenvalue weighted by atomic mass is 16.4. The van der Waals surface area contributed by atoms with Gasteiger partial charge in [-0.15, -0.1) is 0 Å². The van der Waals surface area contributed by atoms with Crippen molar-refractivity contribution < 1.29 is 34.2 Å². The average molecular weight is 738 g/mol. The fourth-order valence-corrected chi connectivity index (χ4v) is 5.12. The molecule has 282 valence electrons. The molecule has 0 heterocycles. The molecule has 3 amide bonds. The first-order chi connectivity index (χ1) is 25.7. The molecule has 0 spiro atoms. The molecule has 0 aliphatic carbocycles. The number of carboxylic acid groups (broad SMARTS) is 2. The van der Waals surface area contributed by atoms with Gasteiger partial charge in [-0.1, -0.05) is 60.7 Å². The van der Waals surface area contributed by atoms with Gasteiger partial charge in [0.05, 0.1) is 6.42 Å². The number of aliphatic carboxylic acids is 2. The molecule has 16 heteroatoms. The lowest BCUT2D eigenvalue weighted by Crippen LogP contribution is -2.41. The van der Waals surface area contributed by atoms with Crippen molar-refractivity contribution in [1.29, 1.82) is 10.8 Å². The van der Waals surface area contributed by atoms with Gasteiger partial charge in [0, 0.05) is 48.9 Å². The van der Waals surface area contributed by atoms with E-state index in [2.05, 4.69) is 26.6 Å². The lowest BCUT2D eigenvalue weighted by molar-refractivity contribution is -0.141. The summed E-state index contributed by atoms with van der Waals surface area (Å²) in [6.45, 7) is 1.51. The molecule has 54 heavy (non-hydrogen) atoms. The summed E-state index contributed by atoms with van der Waals surface area (Å²) in [4.78, 5) is 57.9. The summed E-state index contributed by atoms with van der Waals surface area (Å²) in [5.74, 6) is -3.31. The minimum Gasteiger partial charge on any atom is -0.481 e. The predicted octanol–water partition coefficient (Wildman–Crippen LogP) is 3.24. The highest BCUT2D eigenvalue weighted by Gasteiger charge is 2.19. The van der Waals surface area contributed by atoms with Crippen molar-refractivity contribution in [2.45, 2.75) is 45.2 Å². The van der Waals surface area contributed by atoms with Crippen molar-refractivity contribution in [3.63, 3.8) is 0 Å². The van der Waals surface area contributed by atoms with Gasteiger partial charge in [0.25, 0.3) is 5.91 Å². The van der Waals surface area contributed by atoms with E-state index >= 15 is 0 Å². The number of anilines is 3. The van der Waals surface area contributed by atoms with Gasteiger partial charge in [-0.3, -0.25) is 30.0 Å². The Balaban J connectivity index is 0.000000294. The van der Waals surface area contributed by atoms with Gasteiger partial charge in [-0.05, 0) is 65.1 Å². The van der Waals surface area contributed by atoms with E-state index in [9.17, 15) is 29.1 Å². The largest absolute Gasteiger partial charge is 0.481 e. The molecule has 4 aromatic carbocycles. The van der Waals surface area contributed by atoms with Gasteiger partial charge in [-0.25, -0.2) is 4.79 Å². The molecular formula is C38H43N9O7. The van der Waals surface area contributed by atoms with E-state index in [0.29, 0.717) is 29.0 Å². The number of aryl methyl sites for hydroxylation is 1. The van der Waals surface area contributed by atoms with Crippen LogP contribution < -0.4 is 38.1 Å². The van der Waals surface area contributed by atoms with Gasteiger partial charge in [0.15, 0.2) is 11.9 Å². The third-order valence-corrected chi connectivity index (χ3v) is 7.43. The van der Waals surface area contributed by atoms with Crippen LogP contribution in [-0.4, -0.2) is 57.8 Å². The maximum Gasteiger partial charge on any atom is 0.326 e. The Hall–Kier alpha value is -7.23. The fourth-order valence-electron chi connectivity index (χ4n) is 5.12. The molecule has 0 aliphatic heterocycles. The molecule has 0 radical (unpaired) electrons. The zero-order valence-corrected chi connectivity index (χ0v) is 29.4. The predicted molar refractivity (Wildman–Crippen MR) is 205 cm³/mol. The van der Waals surface area contributed by atoms with E-state index < -0.39 is 23.9 Å². The van der Waals surface area contributed by atoms with Crippen molar-refractivity contribution in [3.8, 4) is 0 Å². The van der Waals surface area contributed by atoms with Crippen molar-refractivity contribution in [2.75, 3.05) is 16.0 Å². The SMILES string of the molecule is CC(=O)N[C@@H](Cc1cccc(CNC(=O)c2cccc(NC(=N)N)c2)c1)C(=O)O.N=C(N)Nc1cccc(CC(=O)Nc2ccccc2CCC(=O)O)c1. The molecular weight excluding hydrogens is 694 g/mol. The molecule has 0 fully saturated rings. The minimum absolute atomic E-state index is 0.00560. The molecule has 0 aliphatic rings. The molecule has 13 N–H and O–H groups in total. The standard InChI is InChI=1S/C20H23N5O4.C18H20N4O3/c1-12(26)24-17(19(28)29)9-13-4-2-5-14(8-13)11-23-18(27)15-6-3-7-16(10-15)25-20(21)22;19-18(20)21-14-6-3-4-12(10-14)11-16(23)22-15-7-2-1-5-13(15)8-9-17(24)25/h2-8,10,17H,9,11H2,1H3,(H,23,27)(H,24,26)(H,28,29)(H4,21,22,25);1-7,10H,8-9,11H2,(H,22,23)(H,24,25)(H4,19,20,21)/t17-;/m0./s1.